The van der Waals surface area contributed by atoms with Crippen LogP contribution in [0.4, 0.5) is 5.82 Å². The lowest BCUT2D eigenvalue weighted by molar-refractivity contribution is 0.661. The van der Waals surface area contributed by atoms with Crippen LogP contribution in [0.5, 0.6) is 0 Å². The van der Waals surface area contributed by atoms with Crippen molar-refractivity contribution in [2.45, 2.75) is 26.3 Å². The molecule has 4 heteroatoms. The monoisotopic (exact) mass is 256 g/mol. The van der Waals surface area contributed by atoms with Crippen LogP contribution in [-0.4, -0.2) is 17.0 Å². The molecule has 1 unspecified atom stereocenters. The minimum Gasteiger partial charge on any atom is -0.383 e. The second-order valence-corrected chi connectivity index (χ2v) is 4.61. The van der Waals surface area contributed by atoms with Gasteiger partial charge in [-0.3, -0.25) is 4.98 Å². The quantitative estimate of drug-likeness (QED) is 0.880. The standard InChI is InChI=1S/C15H20N4/c1-4-11-6-5-7-18-13(11)14(17-3)12-8-10(2)9-19-15(12)16/h5-9,14,17H,4H2,1-3H3,(H2,16,19). The molecule has 0 saturated heterocycles. The highest BCUT2D eigenvalue weighted by molar-refractivity contribution is 5.47. The number of rotatable bonds is 4. The van der Waals surface area contributed by atoms with Crippen LogP contribution in [0.15, 0.2) is 30.6 Å². The Bertz CT molecular complexity index is 566. The molecule has 0 aliphatic rings. The molecule has 100 valence electrons. The molecular weight excluding hydrogens is 236 g/mol. The van der Waals surface area contributed by atoms with E-state index in [1.807, 2.05) is 26.2 Å². The van der Waals surface area contributed by atoms with E-state index in [9.17, 15) is 0 Å². The van der Waals surface area contributed by atoms with Gasteiger partial charge < -0.3 is 11.1 Å². The predicted molar refractivity (Wildman–Crippen MR) is 77.9 cm³/mol. The minimum atomic E-state index is -0.0245. The van der Waals surface area contributed by atoms with Crippen molar-refractivity contribution in [3.63, 3.8) is 0 Å². The number of pyridine rings is 2. The third kappa shape index (κ3) is 2.74. The number of anilines is 1. The first-order valence-corrected chi connectivity index (χ1v) is 6.50. The molecule has 2 heterocycles. The highest BCUT2D eigenvalue weighted by Crippen LogP contribution is 2.27. The lowest BCUT2D eigenvalue weighted by atomic mass is 9.98. The van der Waals surface area contributed by atoms with Crippen LogP contribution in [0, 0.1) is 6.92 Å². The molecule has 0 fully saturated rings. The Labute approximate surface area is 114 Å². The van der Waals surface area contributed by atoms with Crippen LogP contribution >= 0.6 is 0 Å². The lowest BCUT2D eigenvalue weighted by Crippen LogP contribution is -2.22. The maximum Gasteiger partial charge on any atom is 0.128 e. The summed E-state index contributed by atoms with van der Waals surface area (Å²) < 4.78 is 0. The van der Waals surface area contributed by atoms with Gasteiger partial charge in [-0.1, -0.05) is 13.0 Å². The summed E-state index contributed by atoms with van der Waals surface area (Å²) in [5.74, 6) is 0.553. The Balaban J connectivity index is 2.53. The molecular formula is C15H20N4. The van der Waals surface area contributed by atoms with E-state index in [2.05, 4.69) is 34.3 Å². The number of nitrogen functional groups attached to an aromatic ring is 1. The van der Waals surface area contributed by atoms with Crippen LogP contribution in [0.1, 0.15) is 35.3 Å². The van der Waals surface area contributed by atoms with Gasteiger partial charge in [-0.15, -0.1) is 0 Å². The molecule has 2 rings (SSSR count). The minimum absolute atomic E-state index is 0.0245. The zero-order chi connectivity index (χ0) is 13.8. The van der Waals surface area contributed by atoms with Gasteiger partial charge in [0.1, 0.15) is 5.82 Å². The largest absolute Gasteiger partial charge is 0.383 e. The number of nitrogens with two attached hydrogens (primary N) is 1. The second-order valence-electron chi connectivity index (χ2n) is 4.61. The number of hydrogen-bond donors (Lipinski definition) is 2. The van der Waals surface area contributed by atoms with Crippen molar-refractivity contribution in [3.05, 3.63) is 53.0 Å². The Morgan fingerprint density at radius 2 is 2.16 bits per heavy atom. The average Bonchev–Trinajstić information content (AvgIpc) is 2.44. The molecule has 3 N–H and O–H groups in total. The van der Waals surface area contributed by atoms with E-state index in [0.717, 1.165) is 23.2 Å². The van der Waals surface area contributed by atoms with Crippen molar-refractivity contribution >= 4 is 5.82 Å². The molecule has 2 aromatic rings. The van der Waals surface area contributed by atoms with Gasteiger partial charge in [0.15, 0.2) is 0 Å². The summed E-state index contributed by atoms with van der Waals surface area (Å²) in [4.78, 5) is 8.76. The topological polar surface area (TPSA) is 63.8 Å². The Hall–Kier alpha value is -1.94. The fourth-order valence-electron chi connectivity index (χ4n) is 2.28. The van der Waals surface area contributed by atoms with Crippen molar-refractivity contribution in [1.82, 2.24) is 15.3 Å². The fourth-order valence-corrected chi connectivity index (χ4v) is 2.28. The van der Waals surface area contributed by atoms with Crippen molar-refractivity contribution in [3.8, 4) is 0 Å². The van der Waals surface area contributed by atoms with Crippen LogP contribution in [0.25, 0.3) is 0 Å². The van der Waals surface area contributed by atoms with E-state index >= 15 is 0 Å². The van der Waals surface area contributed by atoms with Gasteiger partial charge >= 0.3 is 0 Å². The van der Waals surface area contributed by atoms with E-state index in [0.29, 0.717) is 5.82 Å². The summed E-state index contributed by atoms with van der Waals surface area (Å²) in [7, 11) is 1.92. The van der Waals surface area contributed by atoms with E-state index in [4.69, 9.17) is 5.73 Å². The summed E-state index contributed by atoms with van der Waals surface area (Å²) in [5.41, 5.74) is 10.3. The summed E-state index contributed by atoms with van der Waals surface area (Å²) in [6.45, 7) is 4.15. The number of nitrogens with one attached hydrogen (secondary N) is 1. The molecule has 1 atom stereocenters. The van der Waals surface area contributed by atoms with E-state index < -0.39 is 0 Å². The van der Waals surface area contributed by atoms with Gasteiger partial charge in [0.2, 0.25) is 0 Å². The summed E-state index contributed by atoms with van der Waals surface area (Å²) in [6.07, 6.45) is 4.55. The lowest BCUT2D eigenvalue weighted by Gasteiger charge is -2.20. The van der Waals surface area contributed by atoms with Gasteiger partial charge in [-0.2, -0.15) is 0 Å². The van der Waals surface area contributed by atoms with Crippen molar-refractivity contribution in [2.75, 3.05) is 12.8 Å². The Kier molecular flexibility index (Phi) is 4.12. The second kappa shape index (κ2) is 5.80. The summed E-state index contributed by atoms with van der Waals surface area (Å²) in [5, 5.41) is 3.29. The molecule has 0 aliphatic heterocycles. The SMILES string of the molecule is CCc1cccnc1C(NC)c1cc(C)cnc1N. The maximum absolute atomic E-state index is 6.02. The third-order valence-corrected chi connectivity index (χ3v) is 3.27. The third-order valence-electron chi connectivity index (χ3n) is 3.27. The number of hydrogen-bond acceptors (Lipinski definition) is 4. The van der Waals surface area contributed by atoms with Gasteiger partial charge in [0, 0.05) is 18.0 Å². The first-order chi connectivity index (χ1) is 9.17. The van der Waals surface area contributed by atoms with Gasteiger partial charge in [0.25, 0.3) is 0 Å². The van der Waals surface area contributed by atoms with E-state index in [1.165, 1.54) is 5.56 Å². The van der Waals surface area contributed by atoms with Crippen LogP contribution in [0.2, 0.25) is 0 Å². The van der Waals surface area contributed by atoms with E-state index in [-0.39, 0.29) is 6.04 Å². The first-order valence-electron chi connectivity index (χ1n) is 6.50. The maximum atomic E-state index is 6.02. The molecule has 0 spiro atoms. The Morgan fingerprint density at radius 3 is 2.84 bits per heavy atom. The molecule has 0 amide bonds. The van der Waals surface area contributed by atoms with Crippen LogP contribution < -0.4 is 11.1 Å². The molecule has 4 nitrogen and oxygen atoms in total. The van der Waals surface area contributed by atoms with Gasteiger partial charge in [0.05, 0.1) is 11.7 Å². The van der Waals surface area contributed by atoms with E-state index in [1.54, 1.807) is 6.20 Å². The highest BCUT2D eigenvalue weighted by Gasteiger charge is 2.19. The molecule has 19 heavy (non-hydrogen) atoms. The number of aryl methyl sites for hydroxylation is 2. The zero-order valence-electron chi connectivity index (χ0n) is 11.6. The zero-order valence-corrected chi connectivity index (χ0v) is 11.6. The summed E-state index contributed by atoms with van der Waals surface area (Å²) in [6, 6.07) is 6.11. The fraction of sp³-hybridized carbons (Fsp3) is 0.333. The van der Waals surface area contributed by atoms with Crippen LogP contribution in [-0.2, 0) is 6.42 Å². The number of aromatic nitrogens is 2. The van der Waals surface area contributed by atoms with Gasteiger partial charge in [-0.25, -0.2) is 4.98 Å². The molecule has 0 bridgehead atoms. The van der Waals surface area contributed by atoms with Crippen molar-refractivity contribution < 1.29 is 0 Å². The Morgan fingerprint density at radius 1 is 1.37 bits per heavy atom. The molecule has 0 aromatic carbocycles. The van der Waals surface area contributed by atoms with Gasteiger partial charge in [-0.05, 0) is 43.7 Å². The average molecular weight is 256 g/mol. The van der Waals surface area contributed by atoms with Crippen molar-refractivity contribution in [1.29, 1.82) is 0 Å². The van der Waals surface area contributed by atoms with Crippen molar-refractivity contribution in [2.24, 2.45) is 0 Å². The van der Waals surface area contributed by atoms with Crippen LogP contribution in [0.3, 0.4) is 0 Å². The molecule has 0 aliphatic carbocycles. The number of nitrogens with zero attached hydrogens (tertiary/aromatic N) is 2. The smallest absolute Gasteiger partial charge is 0.128 e. The first kappa shape index (κ1) is 13.5. The normalized spacial score (nSPS) is 12.4. The molecule has 0 radical (unpaired) electrons. The predicted octanol–water partition coefficient (Wildman–Crippen LogP) is 2.24. The highest BCUT2D eigenvalue weighted by atomic mass is 14.9. The summed E-state index contributed by atoms with van der Waals surface area (Å²) >= 11 is 0. The molecule has 0 saturated carbocycles. The molecule has 2 aromatic heterocycles.